The molecule has 0 fully saturated rings. The van der Waals surface area contributed by atoms with Crippen molar-refractivity contribution in [2.75, 3.05) is 0 Å². The molecule has 0 radical (unpaired) electrons. The molecule has 90 valence electrons. The van der Waals surface area contributed by atoms with Crippen molar-refractivity contribution in [3.63, 3.8) is 0 Å². The first-order valence-corrected chi connectivity index (χ1v) is 5.57. The van der Waals surface area contributed by atoms with Crippen LogP contribution in [0.5, 0.6) is 0 Å². The average molecular weight is 234 g/mol. The molecule has 1 heterocycles. The first-order chi connectivity index (χ1) is 8.09. The quantitative estimate of drug-likeness (QED) is 0.857. The molecule has 0 aliphatic carbocycles. The van der Waals surface area contributed by atoms with Crippen molar-refractivity contribution in [3.05, 3.63) is 41.8 Å². The zero-order valence-corrected chi connectivity index (χ0v) is 9.81. The van der Waals surface area contributed by atoms with Gasteiger partial charge in [-0.1, -0.05) is 13.8 Å². The van der Waals surface area contributed by atoms with Crippen molar-refractivity contribution in [1.29, 1.82) is 0 Å². The topological polar surface area (TPSA) is 48.9 Å². The summed E-state index contributed by atoms with van der Waals surface area (Å²) in [6.07, 6.45) is 1.04. The summed E-state index contributed by atoms with van der Waals surface area (Å²) in [5.74, 6) is -0.175. The van der Waals surface area contributed by atoms with Crippen molar-refractivity contribution < 1.29 is 9.50 Å². The summed E-state index contributed by atoms with van der Waals surface area (Å²) in [5, 5.41) is 16.8. The number of nitrogens with one attached hydrogen (secondary N) is 1. The molecule has 3 nitrogen and oxygen atoms in total. The van der Waals surface area contributed by atoms with Gasteiger partial charge in [-0.15, -0.1) is 0 Å². The molecule has 17 heavy (non-hydrogen) atoms. The number of aliphatic hydroxyl groups excluding tert-OH is 1. The zero-order valence-electron chi connectivity index (χ0n) is 9.81. The number of aromatic amines is 1. The van der Waals surface area contributed by atoms with Crippen molar-refractivity contribution in [1.82, 2.24) is 10.2 Å². The number of nitrogens with zero attached hydrogens (tertiary/aromatic N) is 1. The highest BCUT2D eigenvalue weighted by atomic mass is 19.1. The predicted octanol–water partition coefficient (Wildman–Crippen LogP) is 2.91. The molecule has 4 heteroatoms. The van der Waals surface area contributed by atoms with E-state index in [0.29, 0.717) is 0 Å². The van der Waals surface area contributed by atoms with Crippen LogP contribution in [0.1, 0.15) is 25.5 Å². The van der Waals surface area contributed by atoms with Gasteiger partial charge in [0.05, 0.1) is 18.0 Å². The number of hydrogen-bond donors (Lipinski definition) is 2. The van der Waals surface area contributed by atoms with E-state index in [1.54, 1.807) is 18.3 Å². The second kappa shape index (κ2) is 4.67. The van der Waals surface area contributed by atoms with E-state index in [1.165, 1.54) is 12.1 Å². The standard InChI is InChI=1S/C13H15FN2O/c1-8(2)13(17)11-7-15-16-12(11)9-3-5-10(14)6-4-9/h3-8,13,17H,1-2H3,(H,15,16). The Bertz CT molecular complexity index is 490. The number of benzene rings is 1. The molecule has 1 unspecified atom stereocenters. The molecule has 1 aromatic carbocycles. The fourth-order valence-corrected chi connectivity index (χ4v) is 1.73. The van der Waals surface area contributed by atoms with Crippen LogP contribution in [0.3, 0.4) is 0 Å². The van der Waals surface area contributed by atoms with Gasteiger partial charge in [0.2, 0.25) is 0 Å². The third kappa shape index (κ3) is 2.36. The normalized spacial score (nSPS) is 13.0. The number of halogens is 1. The van der Waals surface area contributed by atoms with Crippen molar-refractivity contribution >= 4 is 0 Å². The van der Waals surface area contributed by atoms with E-state index >= 15 is 0 Å². The second-order valence-electron chi connectivity index (χ2n) is 4.40. The average Bonchev–Trinajstić information content (AvgIpc) is 2.77. The van der Waals surface area contributed by atoms with Gasteiger partial charge in [0.15, 0.2) is 0 Å². The molecule has 0 aliphatic rings. The fraction of sp³-hybridized carbons (Fsp3) is 0.308. The largest absolute Gasteiger partial charge is 0.388 e. The van der Waals surface area contributed by atoms with Crippen LogP contribution >= 0.6 is 0 Å². The van der Waals surface area contributed by atoms with E-state index < -0.39 is 6.10 Å². The van der Waals surface area contributed by atoms with E-state index in [4.69, 9.17) is 0 Å². The van der Waals surface area contributed by atoms with E-state index in [9.17, 15) is 9.50 Å². The molecule has 0 saturated carbocycles. The Morgan fingerprint density at radius 2 is 1.88 bits per heavy atom. The van der Waals surface area contributed by atoms with Crippen LogP contribution in [0.15, 0.2) is 30.5 Å². The molecule has 1 atom stereocenters. The number of aliphatic hydroxyl groups is 1. The molecule has 0 aliphatic heterocycles. The van der Waals surface area contributed by atoms with Gasteiger partial charge in [-0.05, 0) is 30.2 Å². The first-order valence-electron chi connectivity index (χ1n) is 5.57. The third-order valence-electron chi connectivity index (χ3n) is 2.75. The number of rotatable bonds is 3. The molecule has 0 saturated heterocycles. The van der Waals surface area contributed by atoms with Gasteiger partial charge < -0.3 is 5.11 Å². The summed E-state index contributed by atoms with van der Waals surface area (Å²) in [5.41, 5.74) is 2.30. The molecule has 2 N–H and O–H groups in total. The Labute approximate surface area is 99.3 Å². The Balaban J connectivity index is 2.40. The summed E-state index contributed by atoms with van der Waals surface area (Å²) in [7, 11) is 0. The summed E-state index contributed by atoms with van der Waals surface area (Å²) in [6.45, 7) is 3.87. The maximum Gasteiger partial charge on any atom is 0.123 e. The highest BCUT2D eigenvalue weighted by Gasteiger charge is 2.18. The predicted molar refractivity (Wildman–Crippen MR) is 63.8 cm³/mol. The van der Waals surface area contributed by atoms with Gasteiger partial charge in [0.1, 0.15) is 5.82 Å². The number of aromatic nitrogens is 2. The monoisotopic (exact) mass is 234 g/mol. The maximum absolute atomic E-state index is 12.8. The third-order valence-corrected chi connectivity index (χ3v) is 2.75. The Hall–Kier alpha value is -1.68. The van der Waals surface area contributed by atoms with Crippen molar-refractivity contribution in [2.24, 2.45) is 5.92 Å². The molecular weight excluding hydrogens is 219 g/mol. The van der Waals surface area contributed by atoms with Gasteiger partial charge in [0.25, 0.3) is 0 Å². The fourth-order valence-electron chi connectivity index (χ4n) is 1.73. The number of hydrogen-bond acceptors (Lipinski definition) is 2. The smallest absolute Gasteiger partial charge is 0.123 e. The van der Waals surface area contributed by atoms with Crippen LogP contribution in [-0.4, -0.2) is 15.3 Å². The summed E-state index contributed by atoms with van der Waals surface area (Å²) in [4.78, 5) is 0. The van der Waals surface area contributed by atoms with Crippen molar-refractivity contribution in [2.45, 2.75) is 20.0 Å². The van der Waals surface area contributed by atoms with Crippen LogP contribution in [0.25, 0.3) is 11.3 Å². The summed E-state index contributed by atoms with van der Waals surface area (Å²) < 4.78 is 12.8. The van der Waals surface area contributed by atoms with E-state index in [0.717, 1.165) is 16.8 Å². The van der Waals surface area contributed by atoms with Crippen LogP contribution in [0.2, 0.25) is 0 Å². The van der Waals surface area contributed by atoms with Crippen LogP contribution < -0.4 is 0 Å². The van der Waals surface area contributed by atoms with Crippen LogP contribution in [0.4, 0.5) is 4.39 Å². The van der Waals surface area contributed by atoms with Gasteiger partial charge in [-0.25, -0.2) is 4.39 Å². The Morgan fingerprint density at radius 1 is 1.24 bits per heavy atom. The minimum Gasteiger partial charge on any atom is -0.388 e. The van der Waals surface area contributed by atoms with Gasteiger partial charge >= 0.3 is 0 Å². The SMILES string of the molecule is CC(C)C(O)c1cn[nH]c1-c1ccc(F)cc1. The molecule has 1 aromatic heterocycles. The minimum absolute atomic E-state index is 0.104. The lowest BCUT2D eigenvalue weighted by molar-refractivity contribution is 0.127. The lowest BCUT2D eigenvalue weighted by Gasteiger charge is -2.14. The minimum atomic E-state index is -0.575. The maximum atomic E-state index is 12.8. The van der Waals surface area contributed by atoms with E-state index in [-0.39, 0.29) is 11.7 Å². The zero-order chi connectivity index (χ0) is 12.4. The Kier molecular flexibility index (Phi) is 3.24. The van der Waals surface area contributed by atoms with Gasteiger partial charge in [0, 0.05) is 11.1 Å². The number of H-pyrrole nitrogens is 1. The molecular formula is C13H15FN2O. The van der Waals surface area contributed by atoms with E-state index in [1.807, 2.05) is 13.8 Å². The van der Waals surface area contributed by atoms with E-state index in [2.05, 4.69) is 10.2 Å². The molecule has 2 aromatic rings. The van der Waals surface area contributed by atoms with Crippen LogP contribution in [-0.2, 0) is 0 Å². The highest BCUT2D eigenvalue weighted by Crippen LogP contribution is 2.29. The molecule has 0 bridgehead atoms. The Morgan fingerprint density at radius 3 is 2.47 bits per heavy atom. The summed E-state index contributed by atoms with van der Waals surface area (Å²) in [6, 6.07) is 6.11. The molecule has 0 amide bonds. The molecule has 2 rings (SSSR count). The molecule has 0 spiro atoms. The van der Waals surface area contributed by atoms with Gasteiger partial charge in [-0.3, -0.25) is 5.10 Å². The summed E-state index contributed by atoms with van der Waals surface area (Å²) >= 11 is 0. The van der Waals surface area contributed by atoms with Crippen LogP contribution in [0, 0.1) is 11.7 Å². The highest BCUT2D eigenvalue weighted by molar-refractivity contribution is 5.63. The lowest BCUT2D eigenvalue weighted by Crippen LogP contribution is -2.05. The lowest BCUT2D eigenvalue weighted by atomic mass is 9.97. The second-order valence-corrected chi connectivity index (χ2v) is 4.40. The van der Waals surface area contributed by atoms with Gasteiger partial charge in [-0.2, -0.15) is 5.10 Å². The first kappa shape index (κ1) is 11.8. The van der Waals surface area contributed by atoms with Crippen molar-refractivity contribution in [3.8, 4) is 11.3 Å².